The molecular formula is C13H17ClN2O3. The van der Waals surface area contributed by atoms with Crippen LogP contribution in [0.25, 0.3) is 0 Å². The van der Waals surface area contributed by atoms with Crippen LogP contribution >= 0.6 is 11.6 Å². The average Bonchev–Trinajstić information content (AvgIpc) is 2.37. The van der Waals surface area contributed by atoms with Crippen molar-refractivity contribution in [3.05, 3.63) is 29.3 Å². The minimum atomic E-state index is -1.05. The van der Waals surface area contributed by atoms with Gasteiger partial charge in [-0.2, -0.15) is 0 Å². The van der Waals surface area contributed by atoms with Crippen LogP contribution in [0.3, 0.4) is 0 Å². The smallest absolute Gasteiger partial charge is 0.326 e. The molecule has 0 aliphatic carbocycles. The topological polar surface area (TPSA) is 78.4 Å². The highest BCUT2D eigenvalue weighted by atomic mass is 35.5. The first-order valence-corrected chi connectivity index (χ1v) is 6.38. The summed E-state index contributed by atoms with van der Waals surface area (Å²) in [5.74, 6) is -1.21. The summed E-state index contributed by atoms with van der Waals surface area (Å²) in [6.45, 7) is 3.64. The third kappa shape index (κ3) is 4.44. The number of anilines is 1. The van der Waals surface area contributed by atoms with E-state index in [1.54, 1.807) is 31.2 Å². The molecule has 1 rings (SSSR count). The molecule has 0 aliphatic heterocycles. The SMILES string of the molecule is CC[C@H](C)[C@H](NC(=O)Nc1ccccc1Cl)C(=O)O. The van der Waals surface area contributed by atoms with Crippen LogP contribution < -0.4 is 10.6 Å². The van der Waals surface area contributed by atoms with E-state index in [1.807, 2.05) is 6.92 Å². The lowest BCUT2D eigenvalue weighted by molar-refractivity contribution is -0.140. The number of hydrogen-bond acceptors (Lipinski definition) is 2. The Labute approximate surface area is 117 Å². The molecule has 1 aromatic carbocycles. The Hall–Kier alpha value is -1.75. The van der Waals surface area contributed by atoms with Gasteiger partial charge in [0.2, 0.25) is 0 Å². The van der Waals surface area contributed by atoms with Crippen LogP contribution in [0.15, 0.2) is 24.3 Å². The molecule has 0 aromatic heterocycles. The van der Waals surface area contributed by atoms with Crippen molar-refractivity contribution in [2.24, 2.45) is 5.92 Å². The highest BCUT2D eigenvalue weighted by molar-refractivity contribution is 6.33. The van der Waals surface area contributed by atoms with Crippen molar-refractivity contribution in [1.29, 1.82) is 0 Å². The maximum absolute atomic E-state index is 11.8. The number of carboxylic acid groups (broad SMARTS) is 1. The van der Waals surface area contributed by atoms with E-state index in [0.717, 1.165) is 0 Å². The molecule has 2 amide bonds. The van der Waals surface area contributed by atoms with E-state index < -0.39 is 18.0 Å². The van der Waals surface area contributed by atoms with E-state index in [0.29, 0.717) is 17.1 Å². The summed E-state index contributed by atoms with van der Waals surface area (Å²) in [5, 5.41) is 14.4. The average molecular weight is 285 g/mol. The Balaban J connectivity index is 2.68. The first kappa shape index (κ1) is 15.3. The Kier molecular flexibility index (Phi) is 5.63. The van der Waals surface area contributed by atoms with Crippen LogP contribution in [0.5, 0.6) is 0 Å². The molecule has 0 aliphatic rings. The zero-order valence-electron chi connectivity index (χ0n) is 10.8. The second-order valence-electron chi connectivity index (χ2n) is 4.28. The predicted octanol–water partition coefficient (Wildman–Crippen LogP) is 2.96. The number of halogens is 1. The zero-order valence-corrected chi connectivity index (χ0v) is 11.6. The molecule has 0 saturated carbocycles. The number of carbonyl (C=O) groups excluding carboxylic acids is 1. The van der Waals surface area contributed by atoms with Gasteiger partial charge in [0, 0.05) is 0 Å². The lowest BCUT2D eigenvalue weighted by Crippen LogP contribution is -2.46. The van der Waals surface area contributed by atoms with Crippen molar-refractivity contribution in [1.82, 2.24) is 5.32 Å². The van der Waals surface area contributed by atoms with E-state index in [1.165, 1.54) is 0 Å². The summed E-state index contributed by atoms with van der Waals surface area (Å²) in [7, 11) is 0. The molecule has 0 radical (unpaired) electrons. The minimum Gasteiger partial charge on any atom is -0.480 e. The number of hydrogen-bond donors (Lipinski definition) is 3. The summed E-state index contributed by atoms with van der Waals surface area (Å²) in [6.07, 6.45) is 0.656. The Morgan fingerprint density at radius 3 is 2.53 bits per heavy atom. The number of para-hydroxylation sites is 1. The van der Waals surface area contributed by atoms with Gasteiger partial charge in [-0.25, -0.2) is 9.59 Å². The monoisotopic (exact) mass is 284 g/mol. The zero-order chi connectivity index (χ0) is 14.4. The van der Waals surface area contributed by atoms with Crippen LogP contribution in [0, 0.1) is 5.92 Å². The van der Waals surface area contributed by atoms with Crippen molar-refractivity contribution < 1.29 is 14.7 Å². The molecule has 19 heavy (non-hydrogen) atoms. The fourth-order valence-corrected chi connectivity index (χ4v) is 1.73. The largest absolute Gasteiger partial charge is 0.480 e. The normalized spacial score (nSPS) is 13.4. The van der Waals surface area contributed by atoms with Gasteiger partial charge < -0.3 is 15.7 Å². The van der Waals surface area contributed by atoms with Crippen LogP contribution in [-0.2, 0) is 4.79 Å². The molecule has 0 spiro atoms. The van der Waals surface area contributed by atoms with Crippen molar-refractivity contribution in [2.45, 2.75) is 26.3 Å². The summed E-state index contributed by atoms with van der Waals surface area (Å²) >= 11 is 5.90. The first-order valence-electron chi connectivity index (χ1n) is 6.00. The molecule has 6 heteroatoms. The van der Waals surface area contributed by atoms with Gasteiger partial charge >= 0.3 is 12.0 Å². The maximum atomic E-state index is 11.8. The third-order valence-corrected chi connectivity index (χ3v) is 3.22. The van der Waals surface area contributed by atoms with Gasteiger partial charge in [0.15, 0.2) is 0 Å². The second kappa shape index (κ2) is 6.99. The van der Waals surface area contributed by atoms with Gasteiger partial charge in [-0.15, -0.1) is 0 Å². The van der Waals surface area contributed by atoms with E-state index in [-0.39, 0.29) is 5.92 Å². The molecular weight excluding hydrogens is 268 g/mol. The van der Waals surface area contributed by atoms with Crippen LogP contribution in [0.1, 0.15) is 20.3 Å². The summed E-state index contributed by atoms with van der Waals surface area (Å²) in [5.41, 5.74) is 0.440. The molecule has 0 heterocycles. The van der Waals surface area contributed by atoms with Crippen LogP contribution in [-0.4, -0.2) is 23.1 Å². The number of amides is 2. The van der Waals surface area contributed by atoms with Crippen molar-refractivity contribution in [3.8, 4) is 0 Å². The number of benzene rings is 1. The van der Waals surface area contributed by atoms with E-state index in [9.17, 15) is 9.59 Å². The first-order chi connectivity index (χ1) is 8.95. The standard InChI is InChI=1S/C13H17ClN2O3/c1-3-8(2)11(12(17)18)16-13(19)15-10-7-5-4-6-9(10)14/h4-8,11H,3H2,1-2H3,(H,17,18)(H2,15,16,19)/t8-,11-/m0/s1. The molecule has 5 nitrogen and oxygen atoms in total. The quantitative estimate of drug-likeness (QED) is 0.778. The molecule has 1 aromatic rings. The third-order valence-electron chi connectivity index (χ3n) is 2.89. The van der Waals surface area contributed by atoms with E-state index in [2.05, 4.69) is 10.6 Å². The van der Waals surface area contributed by atoms with Gasteiger partial charge in [-0.1, -0.05) is 44.0 Å². The number of nitrogens with one attached hydrogen (secondary N) is 2. The Bertz CT molecular complexity index is 465. The fraction of sp³-hybridized carbons (Fsp3) is 0.385. The molecule has 104 valence electrons. The van der Waals surface area contributed by atoms with Crippen molar-refractivity contribution in [3.63, 3.8) is 0 Å². The number of carboxylic acids is 1. The second-order valence-corrected chi connectivity index (χ2v) is 4.69. The Morgan fingerprint density at radius 1 is 1.37 bits per heavy atom. The lowest BCUT2D eigenvalue weighted by Gasteiger charge is -2.20. The van der Waals surface area contributed by atoms with Gasteiger partial charge in [0.05, 0.1) is 10.7 Å². The highest BCUT2D eigenvalue weighted by Crippen LogP contribution is 2.20. The minimum absolute atomic E-state index is 0.158. The summed E-state index contributed by atoms with van der Waals surface area (Å²) in [4.78, 5) is 22.8. The lowest BCUT2D eigenvalue weighted by atomic mass is 9.99. The van der Waals surface area contributed by atoms with Gasteiger partial charge in [-0.05, 0) is 18.1 Å². The maximum Gasteiger partial charge on any atom is 0.326 e. The predicted molar refractivity (Wildman–Crippen MR) is 74.5 cm³/mol. The number of rotatable bonds is 5. The van der Waals surface area contributed by atoms with Crippen LogP contribution in [0.2, 0.25) is 5.02 Å². The Morgan fingerprint density at radius 2 is 2.00 bits per heavy atom. The van der Waals surface area contributed by atoms with Crippen LogP contribution in [0.4, 0.5) is 10.5 Å². The number of aliphatic carboxylic acids is 1. The highest BCUT2D eigenvalue weighted by Gasteiger charge is 2.25. The molecule has 0 saturated heterocycles. The van der Waals surface area contributed by atoms with E-state index in [4.69, 9.17) is 16.7 Å². The van der Waals surface area contributed by atoms with Gasteiger partial charge in [0.1, 0.15) is 6.04 Å². The molecule has 0 fully saturated rings. The molecule has 0 bridgehead atoms. The summed E-state index contributed by atoms with van der Waals surface area (Å²) in [6, 6.07) is 5.24. The molecule has 3 N–H and O–H groups in total. The van der Waals surface area contributed by atoms with Crippen molar-refractivity contribution in [2.75, 3.05) is 5.32 Å². The van der Waals surface area contributed by atoms with Gasteiger partial charge in [0.25, 0.3) is 0 Å². The summed E-state index contributed by atoms with van der Waals surface area (Å²) < 4.78 is 0. The molecule has 2 atom stereocenters. The van der Waals surface area contributed by atoms with E-state index >= 15 is 0 Å². The number of carbonyl (C=O) groups is 2. The molecule has 0 unspecified atom stereocenters. The number of urea groups is 1. The van der Waals surface area contributed by atoms with Gasteiger partial charge in [-0.3, -0.25) is 0 Å². The van der Waals surface area contributed by atoms with Crippen molar-refractivity contribution >= 4 is 29.3 Å². The fourth-order valence-electron chi connectivity index (χ4n) is 1.55.